The zero-order valence-corrected chi connectivity index (χ0v) is 8.39. The Hall–Kier alpha value is -0.570. The normalized spacial score (nSPS) is 16.4. The van der Waals surface area contributed by atoms with Gasteiger partial charge in [0.25, 0.3) is 0 Å². The first-order valence-electron chi connectivity index (χ1n) is 4.68. The third-order valence-electron chi connectivity index (χ3n) is 1.56. The van der Waals surface area contributed by atoms with Crippen molar-refractivity contribution >= 4 is 5.91 Å². The van der Waals surface area contributed by atoms with Crippen LogP contribution in [-0.2, 0) is 4.79 Å². The maximum absolute atomic E-state index is 10.7. The maximum Gasteiger partial charge on any atom is 0.219 e. The Morgan fingerprint density at radius 1 is 1.33 bits per heavy atom. The van der Waals surface area contributed by atoms with Crippen LogP contribution in [0.3, 0.4) is 0 Å². The highest BCUT2D eigenvalue weighted by Crippen LogP contribution is 1.90. The third-order valence-corrected chi connectivity index (χ3v) is 1.56. The molecule has 0 aromatic carbocycles. The summed E-state index contributed by atoms with van der Waals surface area (Å²) in [5.74, 6) is 0.191. The van der Waals surface area contributed by atoms with Crippen molar-refractivity contribution in [3.8, 4) is 0 Å². The summed E-state index contributed by atoms with van der Waals surface area (Å²) in [5.41, 5.74) is 0. The number of piperazine rings is 1. The third kappa shape index (κ3) is 5.13. The Morgan fingerprint density at radius 2 is 1.75 bits per heavy atom. The maximum atomic E-state index is 10.7. The zero-order chi connectivity index (χ0) is 9.40. The number of hydrogen-bond acceptors (Lipinski definition) is 2. The van der Waals surface area contributed by atoms with E-state index in [9.17, 15) is 4.79 Å². The van der Waals surface area contributed by atoms with Crippen molar-refractivity contribution in [1.29, 1.82) is 0 Å². The number of carbonyl (C=O) groups excluding carboxylic acids is 1. The minimum atomic E-state index is 0.191. The molecule has 1 aliphatic rings. The molecule has 0 aliphatic carbocycles. The second-order valence-electron chi connectivity index (χ2n) is 2.96. The molecule has 3 heteroatoms. The zero-order valence-electron chi connectivity index (χ0n) is 8.39. The van der Waals surface area contributed by atoms with Gasteiger partial charge in [-0.3, -0.25) is 4.79 Å². The van der Waals surface area contributed by atoms with Crippen LogP contribution in [0.25, 0.3) is 0 Å². The van der Waals surface area contributed by atoms with Gasteiger partial charge in [0.05, 0.1) is 0 Å². The molecule has 0 radical (unpaired) electrons. The van der Waals surface area contributed by atoms with E-state index in [-0.39, 0.29) is 5.91 Å². The largest absolute Gasteiger partial charge is 0.340 e. The molecule has 0 aromatic heterocycles. The number of rotatable bonds is 0. The predicted molar refractivity (Wildman–Crippen MR) is 51.1 cm³/mol. The summed E-state index contributed by atoms with van der Waals surface area (Å²) in [4.78, 5) is 12.6. The van der Waals surface area contributed by atoms with E-state index in [0.29, 0.717) is 0 Å². The van der Waals surface area contributed by atoms with E-state index >= 15 is 0 Å². The Morgan fingerprint density at radius 3 is 2.00 bits per heavy atom. The van der Waals surface area contributed by atoms with Crippen LogP contribution in [0.4, 0.5) is 0 Å². The van der Waals surface area contributed by atoms with Gasteiger partial charge in [-0.05, 0) is 0 Å². The molecule has 1 heterocycles. The fraction of sp³-hybridized carbons (Fsp3) is 0.889. The Kier molecular flexibility index (Phi) is 6.76. The predicted octanol–water partition coefficient (Wildman–Crippen LogP) is 0.854. The molecule has 0 atom stereocenters. The van der Waals surface area contributed by atoms with Gasteiger partial charge in [0.15, 0.2) is 0 Å². The lowest BCUT2D eigenvalue weighted by molar-refractivity contribution is -0.129. The molecule has 0 aromatic rings. The highest BCUT2D eigenvalue weighted by molar-refractivity contribution is 5.73. The molecule has 1 aliphatic heterocycles. The molecule has 12 heavy (non-hydrogen) atoms. The van der Waals surface area contributed by atoms with Crippen LogP contribution < -0.4 is 5.32 Å². The molecular weight excluding hydrogens is 152 g/mol. The molecule has 0 saturated carbocycles. The number of amides is 1. The Bertz CT molecular complexity index is 120. The molecular formula is C9H20N2O. The Labute approximate surface area is 75.1 Å². The van der Waals surface area contributed by atoms with Crippen molar-refractivity contribution in [3.63, 3.8) is 0 Å². The van der Waals surface area contributed by atoms with Crippen molar-refractivity contribution in [3.05, 3.63) is 0 Å². The van der Waals surface area contributed by atoms with Crippen LogP contribution in [-0.4, -0.2) is 37.0 Å². The second kappa shape index (κ2) is 7.10. The van der Waals surface area contributed by atoms with E-state index in [1.165, 1.54) is 6.42 Å². The number of nitrogens with zero attached hydrogens (tertiary/aromatic N) is 1. The van der Waals surface area contributed by atoms with Crippen LogP contribution in [0.5, 0.6) is 0 Å². The molecule has 1 fully saturated rings. The van der Waals surface area contributed by atoms with E-state index in [1.807, 2.05) is 4.90 Å². The van der Waals surface area contributed by atoms with Crippen LogP contribution >= 0.6 is 0 Å². The van der Waals surface area contributed by atoms with Crippen LogP contribution in [0.2, 0.25) is 0 Å². The van der Waals surface area contributed by atoms with E-state index in [0.717, 1.165) is 26.2 Å². The molecule has 1 rings (SSSR count). The highest BCUT2D eigenvalue weighted by Gasteiger charge is 2.10. The summed E-state index contributed by atoms with van der Waals surface area (Å²) in [7, 11) is 0. The van der Waals surface area contributed by atoms with Gasteiger partial charge < -0.3 is 10.2 Å². The van der Waals surface area contributed by atoms with Gasteiger partial charge in [-0.1, -0.05) is 20.3 Å². The number of nitrogens with one attached hydrogen (secondary N) is 1. The standard InChI is InChI=1S/C6H12N2O.C3H8/c1-6(9)8-4-2-7-3-5-8;1-3-2/h7H,2-5H2,1H3;3H2,1-2H3. The van der Waals surface area contributed by atoms with Gasteiger partial charge in [0.2, 0.25) is 5.91 Å². The van der Waals surface area contributed by atoms with E-state index in [1.54, 1.807) is 6.92 Å². The fourth-order valence-electron chi connectivity index (χ4n) is 0.980. The van der Waals surface area contributed by atoms with Gasteiger partial charge in [-0.25, -0.2) is 0 Å². The number of carbonyl (C=O) groups is 1. The summed E-state index contributed by atoms with van der Waals surface area (Å²) in [6.45, 7) is 9.50. The van der Waals surface area contributed by atoms with E-state index in [2.05, 4.69) is 19.2 Å². The van der Waals surface area contributed by atoms with Crippen LogP contribution in [0.15, 0.2) is 0 Å². The first-order valence-corrected chi connectivity index (χ1v) is 4.68. The van der Waals surface area contributed by atoms with Gasteiger partial charge >= 0.3 is 0 Å². The summed E-state index contributed by atoms with van der Waals surface area (Å²) in [6, 6.07) is 0. The molecule has 0 bridgehead atoms. The lowest BCUT2D eigenvalue weighted by Crippen LogP contribution is -2.45. The fourth-order valence-corrected chi connectivity index (χ4v) is 0.980. The summed E-state index contributed by atoms with van der Waals surface area (Å²) >= 11 is 0. The average molecular weight is 172 g/mol. The van der Waals surface area contributed by atoms with Crippen LogP contribution in [0, 0.1) is 0 Å². The highest BCUT2D eigenvalue weighted by atomic mass is 16.2. The first kappa shape index (κ1) is 11.4. The van der Waals surface area contributed by atoms with Gasteiger partial charge in [-0.15, -0.1) is 0 Å². The smallest absolute Gasteiger partial charge is 0.219 e. The average Bonchev–Trinajstić information content (AvgIpc) is 2.07. The van der Waals surface area contributed by atoms with E-state index < -0.39 is 0 Å². The lowest BCUT2D eigenvalue weighted by atomic mass is 10.4. The Balaban J connectivity index is 0.000000354. The van der Waals surface area contributed by atoms with Crippen molar-refractivity contribution in [2.24, 2.45) is 0 Å². The van der Waals surface area contributed by atoms with Crippen molar-refractivity contribution in [2.45, 2.75) is 27.2 Å². The molecule has 0 spiro atoms. The minimum Gasteiger partial charge on any atom is -0.340 e. The van der Waals surface area contributed by atoms with Crippen LogP contribution in [0.1, 0.15) is 27.2 Å². The van der Waals surface area contributed by atoms with Gasteiger partial charge in [0, 0.05) is 33.1 Å². The molecule has 1 saturated heterocycles. The molecule has 3 nitrogen and oxygen atoms in total. The lowest BCUT2D eigenvalue weighted by Gasteiger charge is -2.25. The monoisotopic (exact) mass is 172 g/mol. The SMILES string of the molecule is CC(=O)N1CCNCC1.CCC. The summed E-state index contributed by atoms with van der Waals surface area (Å²) < 4.78 is 0. The van der Waals surface area contributed by atoms with Crippen molar-refractivity contribution in [2.75, 3.05) is 26.2 Å². The minimum absolute atomic E-state index is 0.191. The molecule has 72 valence electrons. The molecule has 1 N–H and O–H groups in total. The summed E-state index contributed by atoms with van der Waals surface area (Å²) in [6.07, 6.45) is 1.25. The first-order chi connectivity index (χ1) is 5.72. The van der Waals surface area contributed by atoms with Crippen molar-refractivity contribution < 1.29 is 4.79 Å². The summed E-state index contributed by atoms with van der Waals surface area (Å²) in [5, 5.41) is 3.18. The van der Waals surface area contributed by atoms with Crippen molar-refractivity contribution in [1.82, 2.24) is 10.2 Å². The topological polar surface area (TPSA) is 32.3 Å². The molecule has 1 amide bonds. The van der Waals surface area contributed by atoms with Gasteiger partial charge in [0.1, 0.15) is 0 Å². The van der Waals surface area contributed by atoms with Gasteiger partial charge in [-0.2, -0.15) is 0 Å². The quantitative estimate of drug-likeness (QED) is 0.587. The second-order valence-corrected chi connectivity index (χ2v) is 2.96. The van der Waals surface area contributed by atoms with E-state index in [4.69, 9.17) is 0 Å². The molecule has 0 unspecified atom stereocenters. The number of hydrogen-bond donors (Lipinski definition) is 1.